The van der Waals surface area contributed by atoms with Gasteiger partial charge in [-0.05, 0) is 77.3 Å². The van der Waals surface area contributed by atoms with Crippen LogP contribution in [0.5, 0.6) is 17.2 Å². The molecule has 15 nitrogen and oxygen atoms in total. The van der Waals surface area contributed by atoms with Crippen LogP contribution in [0.3, 0.4) is 0 Å². The number of carbonyl (C=O) groups is 3. The Morgan fingerprint density at radius 3 is 2.43 bits per heavy atom. The number of aliphatic hydroxyl groups is 1. The van der Waals surface area contributed by atoms with Crippen molar-refractivity contribution in [3.63, 3.8) is 0 Å². The van der Waals surface area contributed by atoms with E-state index in [4.69, 9.17) is 23.5 Å². The SMILES string of the molecule is Cc1noc(C)c1NC(=O)N(C)C[C@@H]1OCCCC[C@H](C)Oc2ccc(NC(=O)Nc3ccc4c(c3)OCO4)cc2C(=O)N([C@@H](C)CO)C[C@H]1C. The second kappa shape index (κ2) is 16.8. The summed E-state index contributed by atoms with van der Waals surface area (Å²) in [5.41, 5.74) is 2.21. The fourth-order valence-corrected chi connectivity index (χ4v) is 5.95. The lowest BCUT2D eigenvalue weighted by Crippen LogP contribution is -2.48. The van der Waals surface area contributed by atoms with Gasteiger partial charge < -0.3 is 54.3 Å². The number of carbonyl (C=O) groups excluding carboxylic acids is 3. The van der Waals surface area contributed by atoms with Crippen LogP contribution in [0.25, 0.3) is 0 Å². The Hall–Kier alpha value is -5.02. The Labute approximate surface area is 297 Å². The number of aliphatic hydroxyl groups excluding tert-OH is 1. The summed E-state index contributed by atoms with van der Waals surface area (Å²) in [6, 6.07) is 8.58. The van der Waals surface area contributed by atoms with Crippen LogP contribution >= 0.6 is 0 Å². The summed E-state index contributed by atoms with van der Waals surface area (Å²) in [5, 5.41) is 22.6. The normalized spacial score (nSPS) is 20.0. The van der Waals surface area contributed by atoms with E-state index in [0.717, 1.165) is 12.8 Å². The minimum atomic E-state index is -0.565. The summed E-state index contributed by atoms with van der Waals surface area (Å²) in [5.74, 6) is 1.37. The molecule has 51 heavy (non-hydrogen) atoms. The predicted octanol–water partition coefficient (Wildman–Crippen LogP) is 5.62. The van der Waals surface area contributed by atoms with E-state index in [1.54, 1.807) is 69.1 Å². The number of rotatable bonds is 7. The highest BCUT2D eigenvalue weighted by atomic mass is 16.7. The number of aryl methyl sites for hydroxylation is 2. The van der Waals surface area contributed by atoms with E-state index in [2.05, 4.69) is 21.1 Å². The van der Waals surface area contributed by atoms with Crippen molar-refractivity contribution < 1.29 is 43.0 Å². The van der Waals surface area contributed by atoms with Gasteiger partial charge in [0.05, 0.1) is 30.4 Å². The van der Waals surface area contributed by atoms with Crippen molar-refractivity contribution in [1.29, 1.82) is 0 Å². The fraction of sp³-hybridized carbons (Fsp3) is 0.500. The minimum Gasteiger partial charge on any atom is -0.490 e. The van der Waals surface area contributed by atoms with Crippen LogP contribution in [0.1, 0.15) is 61.8 Å². The van der Waals surface area contributed by atoms with Crippen molar-refractivity contribution in [1.82, 2.24) is 15.0 Å². The first-order valence-corrected chi connectivity index (χ1v) is 17.2. The molecular formula is C36H48N6O9. The number of ether oxygens (including phenoxy) is 4. The van der Waals surface area contributed by atoms with Crippen molar-refractivity contribution in [3.8, 4) is 17.2 Å². The molecule has 3 heterocycles. The van der Waals surface area contributed by atoms with Crippen molar-refractivity contribution in [2.45, 2.75) is 72.1 Å². The molecule has 4 N–H and O–H groups in total. The van der Waals surface area contributed by atoms with E-state index in [-0.39, 0.29) is 56.0 Å². The maximum atomic E-state index is 14.4. The molecule has 5 rings (SSSR count). The van der Waals surface area contributed by atoms with Crippen molar-refractivity contribution in [3.05, 3.63) is 53.4 Å². The zero-order chi connectivity index (χ0) is 36.7. The van der Waals surface area contributed by atoms with Gasteiger partial charge in [0, 0.05) is 50.1 Å². The van der Waals surface area contributed by atoms with Crippen LogP contribution in [0.4, 0.5) is 26.7 Å². The molecule has 1 aromatic heterocycles. The van der Waals surface area contributed by atoms with E-state index in [9.17, 15) is 19.5 Å². The number of anilines is 3. The number of urea groups is 2. The van der Waals surface area contributed by atoms with Crippen molar-refractivity contribution >= 4 is 35.0 Å². The highest BCUT2D eigenvalue weighted by Gasteiger charge is 2.31. The van der Waals surface area contributed by atoms with Gasteiger partial charge in [0.15, 0.2) is 17.3 Å². The summed E-state index contributed by atoms with van der Waals surface area (Å²) in [7, 11) is 1.68. The molecule has 2 aromatic carbocycles. The fourth-order valence-electron chi connectivity index (χ4n) is 5.95. The first-order valence-electron chi connectivity index (χ1n) is 17.2. The zero-order valence-corrected chi connectivity index (χ0v) is 30.0. The van der Waals surface area contributed by atoms with E-state index in [1.807, 2.05) is 13.8 Å². The predicted molar refractivity (Wildman–Crippen MR) is 190 cm³/mol. The number of nitrogens with zero attached hydrogens (tertiary/aromatic N) is 3. The molecule has 0 saturated carbocycles. The van der Waals surface area contributed by atoms with Crippen LogP contribution in [-0.2, 0) is 4.74 Å². The molecule has 0 unspecified atom stereocenters. The summed E-state index contributed by atoms with van der Waals surface area (Å²) < 4.78 is 28.6. The van der Waals surface area contributed by atoms with E-state index >= 15 is 0 Å². The van der Waals surface area contributed by atoms with Crippen molar-refractivity contribution in [2.75, 3.05) is 56.1 Å². The van der Waals surface area contributed by atoms with Crippen LogP contribution in [-0.4, -0.2) is 96.4 Å². The lowest BCUT2D eigenvalue weighted by molar-refractivity contribution is -0.0115. The highest BCUT2D eigenvalue weighted by molar-refractivity contribution is 6.02. The van der Waals surface area contributed by atoms with Gasteiger partial charge in [0.1, 0.15) is 17.1 Å². The molecule has 0 aliphatic carbocycles. The average molecular weight is 709 g/mol. The third-order valence-electron chi connectivity index (χ3n) is 9.01. The first kappa shape index (κ1) is 37.2. The van der Waals surface area contributed by atoms with Crippen LogP contribution in [0.15, 0.2) is 40.9 Å². The molecule has 0 radical (unpaired) electrons. The number of aromatic nitrogens is 1. The number of hydrogen-bond donors (Lipinski definition) is 4. The Balaban J connectivity index is 1.36. The molecule has 2 aliphatic rings. The van der Waals surface area contributed by atoms with Crippen LogP contribution < -0.4 is 30.2 Å². The largest absolute Gasteiger partial charge is 0.490 e. The molecule has 0 fully saturated rings. The third kappa shape index (κ3) is 9.41. The van der Waals surface area contributed by atoms with Gasteiger partial charge in [-0.25, -0.2) is 9.59 Å². The summed E-state index contributed by atoms with van der Waals surface area (Å²) in [4.78, 5) is 43.7. The Bertz CT molecular complexity index is 1680. The molecule has 3 aromatic rings. The summed E-state index contributed by atoms with van der Waals surface area (Å²) in [6.45, 7) is 9.89. The average Bonchev–Trinajstić information content (AvgIpc) is 3.70. The van der Waals surface area contributed by atoms with Gasteiger partial charge >= 0.3 is 12.1 Å². The highest BCUT2D eigenvalue weighted by Crippen LogP contribution is 2.34. The molecule has 276 valence electrons. The Morgan fingerprint density at radius 1 is 1.02 bits per heavy atom. The lowest BCUT2D eigenvalue weighted by atomic mass is 10.0. The van der Waals surface area contributed by atoms with Gasteiger partial charge in [0.2, 0.25) is 6.79 Å². The number of benzene rings is 2. The van der Waals surface area contributed by atoms with Gasteiger partial charge in [-0.2, -0.15) is 0 Å². The second-order valence-corrected chi connectivity index (χ2v) is 13.2. The molecular weight excluding hydrogens is 660 g/mol. The minimum absolute atomic E-state index is 0.117. The van der Waals surface area contributed by atoms with E-state index < -0.39 is 18.2 Å². The summed E-state index contributed by atoms with van der Waals surface area (Å²) in [6.07, 6.45) is 1.66. The summed E-state index contributed by atoms with van der Waals surface area (Å²) >= 11 is 0. The lowest BCUT2D eigenvalue weighted by Gasteiger charge is -2.35. The maximum Gasteiger partial charge on any atom is 0.323 e. The topological polar surface area (TPSA) is 177 Å². The number of amides is 5. The maximum absolute atomic E-state index is 14.4. The molecule has 2 aliphatic heterocycles. The number of nitrogens with one attached hydrogen (secondary N) is 3. The quantitative estimate of drug-likeness (QED) is 0.241. The molecule has 0 saturated heterocycles. The Morgan fingerprint density at radius 2 is 1.73 bits per heavy atom. The number of fused-ring (bicyclic) bond motifs is 2. The smallest absolute Gasteiger partial charge is 0.323 e. The number of likely N-dealkylation sites (N-methyl/N-ethyl adjacent to an activating group) is 1. The molecule has 0 spiro atoms. The van der Waals surface area contributed by atoms with Crippen molar-refractivity contribution in [2.24, 2.45) is 5.92 Å². The van der Waals surface area contributed by atoms with Crippen LogP contribution in [0.2, 0.25) is 0 Å². The standard InChI is InChI=1S/C36H48N6O9/c1-21-17-42(22(2)19-43)34(44)28-15-26(37-35(45)38-27-11-13-30-31(16-27)49-20-48-30)10-12-29(28)50-23(3)9-7-8-14-47-32(21)18-41(6)36(46)39-33-24(4)40-51-25(33)5/h10-13,15-16,21-23,32,43H,7-9,14,17-20H2,1-6H3,(H,39,46)(H2,37,38,45)/t21-,22+,23+,32+/m1/s1. The molecule has 15 heteroatoms. The molecule has 5 amide bonds. The van der Waals surface area contributed by atoms with E-state index in [0.29, 0.717) is 58.8 Å². The zero-order valence-electron chi connectivity index (χ0n) is 30.0. The monoisotopic (exact) mass is 708 g/mol. The third-order valence-corrected chi connectivity index (χ3v) is 9.01. The van der Waals surface area contributed by atoms with Gasteiger partial charge in [-0.3, -0.25) is 4.79 Å². The van der Waals surface area contributed by atoms with Crippen LogP contribution in [0, 0.1) is 19.8 Å². The van der Waals surface area contributed by atoms with Gasteiger partial charge in [-0.1, -0.05) is 12.1 Å². The Kier molecular flexibility index (Phi) is 12.3. The van der Waals surface area contributed by atoms with Gasteiger partial charge in [0.25, 0.3) is 5.91 Å². The number of hydrogen-bond acceptors (Lipinski definition) is 10. The molecule has 4 atom stereocenters. The van der Waals surface area contributed by atoms with E-state index in [1.165, 1.54) is 4.90 Å². The molecule has 0 bridgehead atoms. The second-order valence-electron chi connectivity index (χ2n) is 13.2. The first-order chi connectivity index (χ1) is 24.4. The van der Waals surface area contributed by atoms with Gasteiger partial charge in [-0.15, -0.1) is 0 Å².